The monoisotopic (exact) mass is 340 g/mol. The van der Waals surface area contributed by atoms with Gasteiger partial charge in [0.25, 0.3) is 5.91 Å². The Morgan fingerprint density at radius 1 is 1.22 bits per heavy atom. The van der Waals surface area contributed by atoms with E-state index in [0.29, 0.717) is 30.0 Å². The molecular formula is C15H20N2O5S. The quantitative estimate of drug-likeness (QED) is 0.788. The molecule has 0 bridgehead atoms. The first-order valence-corrected chi connectivity index (χ1v) is 8.47. The standard InChI is InChI=1S/C15H20N2O5S/c1-9(2)21-11-7-12(13(16-8-11)22-10(3)4)15(5-6-15)14(18)17-23(19)20/h7-10H,5-6H2,1-4H3. The van der Waals surface area contributed by atoms with Gasteiger partial charge in [0.05, 0.1) is 23.8 Å². The van der Waals surface area contributed by atoms with Gasteiger partial charge < -0.3 is 9.47 Å². The van der Waals surface area contributed by atoms with E-state index in [2.05, 4.69) is 9.35 Å². The van der Waals surface area contributed by atoms with Gasteiger partial charge in [-0.15, -0.1) is 0 Å². The van der Waals surface area contributed by atoms with Crippen molar-refractivity contribution in [3.63, 3.8) is 0 Å². The highest BCUT2D eigenvalue weighted by Gasteiger charge is 2.54. The Balaban J connectivity index is 2.48. The van der Waals surface area contributed by atoms with Crippen LogP contribution in [-0.2, 0) is 20.7 Å². The number of hydrogen-bond donors (Lipinski definition) is 0. The van der Waals surface area contributed by atoms with Gasteiger partial charge in [0.15, 0.2) is 0 Å². The molecule has 1 aliphatic rings. The summed E-state index contributed by atoms with van der Waals surface area (Å²) in [7, 11) is -2.77. The van der Waals surface area contributed by atoms with Crippen LogP contribution in [0.1, 0.15) is 46.1 Å². The van der Waals surface area contributed by atoms with Gasteiger partial charge in [0, 0.05) is 5.56 Å². The lowest BCUT2D eigenvalue weighted by atomic mass is 9.96. The Kier molecular flexibility index (Phi) is 5.03. The highest BCUT2D eigenvalue weighted by atomic mass is 32.2. The first-order valence-electron chi connectivity index (χ1n) is 7.44. The van der Waals surface area contributed by atoms with Gasteiger partial charge in [-0.05, 0) is 46.6 Å². The van der Waals surface area contributed by atoms with Crippen LogP contribution < -0.4 is 9.47 Å². The van der Waals surface area contributed by atoms with Crippen molar-refractivity contribution in [2.75, 3.05) is 0 Å². The molecular weight excluding hydrogens is 320 g/mol. The minimum absolute atomic E-state index is 0.0498. The molecule has 0 N–H and O–H groups in total. The lowest BCUT2D eigenvalue weighted by Crippen LogP contribution is -2.21. The summed E-state index contributed by atoms with van der Waals surface area (Å²) in [5.41, 5.74) is -0.447. The van der Waals surface area contributed by atoms with Gasteiger partial charge in [-0.2, -0.15) is 8.42 Å². The van der Waals surface area contributed by atoms with Crippen LogP contribution in [0.2, 0.25) is 0 Å². The predicted molar refractivity (Wildman–Crippen MR) is 83.0 cm³/mol. The molecule has 0 saturated heterocycles. The Labute approximate surface area is 136 Å². The molecule has 1 saturated carbocycles. The van der Waals surface area contributed by atoms with Crippen LogP contribution in [0.25, 0.3) is 0 Å². The summed E-state index contributed by atoms with van der Waals surface area (Å²) in [6.45, 7) is 7.46. The summed E-state index contributed by atoms with van der Waals surface area (Å²) in [6, 6.07) is 1.69. The fraction of sp³-hybridized carbons (Fsp3) is 0.600. The van der Waals surface area contributed by atoms with Crippen molar-refractivity contribution in [3.05, 3.63) is 17.8 Å². The average Bonchev–Trinajstić information content (AvgIpc) is 3.20. The number of carbonyl (C=O) groups excluding carboxylic acids is 1. The minimum Gasteiger partial charge on any atom is -0.489 e. The third kappa shape index (κ3) is 4.07. The van der Waals surface area contributed by atoms with E-state index in [0.717, 1.165) is 0 Å². The van der Waals surface area contributed by atoms with Crippen molar-refractivity contribution in [2.45, 2.75) is 58.2 Å². The summed E-state index contributed by atoms with van der Waals surface area (Å²) in [4.78, 5) is 16.5. The maximum Gasteiger partial charge on any atom is 0.319 e. The second kappa shape index (κ2) is 6.66. The fourth-order valence-electron chi connectivity index (χ4n) is 2.31. The number of carbonyl (C=O) groups is 1. The molecule has 23 heavy (non-hydrogen) atoms. The van der Waals surface area contributed by atoms with Crippen molar-refractivity contribution in [2.24, 2.45) is 4.36 Å². The van der Waals surface area contributed by atoms with Gasteiger partial charge in [-0.1, -0.05) is 4.36 Å². The average molecular weight is 340 g/mol. The predicted octanol–water partition coefficient (Wildman–Crippen LogP) is 2.28. The molecule has 2 rings (SSSR count). The molecule has 1 aliphatic carbocycles. The number of hydrogen-bond acceptors (Lipinski definition) is 6. The molecule has 0 aromatic carbocycles. The van der Waals surface area contributed by atoms with E-state index in [1.54, 1.807) is 6.07 Å². The van der Waals surface area contributed by atoms with Gasteiger partial charge in [0.1, 0.15) is 5.75 Å². The minimum atomic E-state index is -2.77. The largest absolute Gasteiger partial charge is 0.489 e. The summed E-state index contributed by atoms with van der Waals surface area (Å²) in [6.07, 6.45) is 2.37. The van der Waals surface area contributed by atoms with Crippen LogP contribution in [0.3, 0.4) is 0 Å². The SMILES string of the molecule is CC(C)Oc1cnc(OC(C)C)c(C2(C(=O)N=S(=O)=O)CC2)c1. The van der Waals surface area contributed by atoms with Crippen molar-refractivity contribution in [3.8, 4) is 11.6 Å². The smallest absolute Gasteiger partial charge is 0.319 e. The van der Waals surface area contributed by atoms with E-state index < -0.39 is 21.8 Å². The molecule has 0 atom stereocenters. The Morgan fingerprint density at radius 3 is 2.30 bits per heavy atom. The second-order valence-corrected chi connectivity index (χ2v) is 6.67. The molecule has 8 heteroatoms. The summed E-state index contributed by atoms with van der Waals surface area (Å²) in [5.74, 6) is 0.130. The normalized spacial score (nSPS) is 15.4. The van der Waals surface area contributed by atoms with Crippen molar-refractivity contribution < 1.29 is 22.7 Å². The number of amides is 1. The summed E-state index contributed by atoms with van der Waals surface area (Å²) >= 11 is 0. The zero-order chi connectivity index (χ0) is 17.2. The van der Waals surface area contributed by atoms with E-state index in [4.69, 9.17) is 9.47 Å². The van der Waals surface area contributed by atoms with E-state index in [1.807, 2.05) is 27.7 Å². The van der Waals surface area contributed by atoms with Crippen molar-refractivity contribution in [1.29, 1.82) is 0 Å². The van der Waals surface area contributed by atoms with Gasteiger partial charge >= 0.3 is 10.5 Å². The number of ether oxygens (including phenoxy) is 2. The lowest BCUT2D eigenvalue weighted by molar-refractivity contribution is -0.120. The molecule has 126 valence electrons. The highest BCUT2D eigenvalue weighted by molar-refractivity contribution is 7.62. The third-order valence-electron chi connectivity index (χ3n) is 3.38. The van der Waals surface area contributed by atoms with Gasteiger partial charge in [-0.25, -0.2) is 4.98 Å². The van der Waals surface area contributed by atoms with E-state index in [9.17, 15) is 13.2 Å². The zero-order valence-electron chi connectivity index (χ0n) is 13.6. The van der Waals surface area contributed by atoms with Crippen molar-refractivity contribution in [1.82, 2.24) is 4.98 Å². The molecule has 0 spiro atoms. The van der Waals surface area contributed by atoms with Crippen LogP contribution in [0.15, 0.2) is 16.6 Å². The molecule has 0 unspecified atom stereocenters. The van der Waals surface area contributed by atoms with Crippen LogP contribution in [-0.4, -0.2) is 31.5 Å². The molecule has 0 radical (unpaired) electrons. The molecule has 1 heterocycles. The highest BCUT2D eigenvalue weighted by Crippen LogP contribution is 2.52. The summed E-state index contributed by atoms with van der Waals surface area (Å²) in [5, 5.41) is 0. The van der Waals surface area contributed by atoms with Crippen LogP contribution >= 0.6 is 0 Å². The Bertz CT molecular complexity index is 728. The number of nitrogens with zero attached hydrogens (tertiary/aromatic N) is 2. The summed E-state index contributed by atoms with van der Waals surface area (Å²) < 4.78 is 35.9. The number of aromatic nitrogens is 1. The second-order valence-electron chi connectivity index (χ2n) is 6.05. The molecule has 0 aliphatic heterocycles. The molecule has 1 amide bonds. The zero-order valence-corrected chi connectivity index (χ0v) is 14.4. The Hall–Kier alpha value is -1.96. The van der Waals surface area contributed by atoms with E-state index in [-0.39, 0.29) is 12.2 Å². The topological polar surface area (TPSA) is 94.9 Å². The van der Waals surface area contributed by atoms with Crippen LogP contribution in [0, 0.1) is 0 Å². The van der Waals surface area contributed by atoms with E-state index >= 15 is 0 Å². The molecule has 1 aromatic heterocycles. The van der Waals surface area contributed by atoms with Gasteiger partial charge in [-0.3, -0.25) is 4.79 Å². The first kappa shape index (κ1) is 17.4. The lowest BCUT2D eigenvalue weighted by Gasteiger charge is -2.19. The number of pyridine rings is 1. The fourth-order valence-corrected chi connectivity index (χ4v) is 2.62. The first-order chi connectivity index (χ1) is 10.7. The third-order valence-corrected chi connectivity index (χ3v) is 3.69. The molecule has 7 nitrogen and oxygen atoms in total. The molecule has 1 aromatic rings. The molecule has 1 fully saturated rings. The maximum absolute atomic E-state index is 12.2. The maximum atomic E-state index is 12.2. The Morgan fingerprint density at radius 2 is 1.83 bits per heavy atom. The van der Waals surface area contributed by atoms with Crippen molar-refractivity contribution >= 4 is 16.4 Å². The van der Waals surface area contributed by atoms with E-state index in [1.165, 1.54) is 6.20 Å². The number of rotatable bonds is 6. The van der Waals surface area contributed by atoms with Crippen LogP contribution in [0.4, 0.5) is 0 Å². The van der Waals surface area contributed by atoms with Crippen LogP contribution in [0.5, 0.6) is 11.6 Å². The van der Waals surface area contributed by atoms with Gasteiger partial charge in [0.2, 0.25) is 5.88 Å².